The fourth-order valence-electron chi connectivity index (χ4n) is 3.39. The molecule has 28 heavy (non-hydrogen) atoms. The van der Waals surface area contributed by atoms with E-state index in [1.165, 1.54) is 0 Å². The molecule has 0 aliphatic carbocycles. The minimum absolute atomic E-state index is 0.589. The number of carbonyl (C=O) groups excluding carboxylic acids is 1. The van der Waals surface area contributed by atoms with Gasteiger partial charge in [-0.2, -0.15) is 0 Å². The van der Waals surface area contributed by atoms with Gasteiger partial charge in [-0.15, -0.1) is 0 Å². The fraction of sp³-hybridized carbons (Fsp3) is 0. The number of H-pyrrole nitrogens is 4. The number of rotatable bonds is 1. The van der Waals surface area contributed by atoms with Crippen LogP contribution in [0.3, 0.4) is 0 Å². The van der Waals surface area contributed by atoms with Crippen LogP contribution in [0.15, 0.2) is 48.5 Å². The molecule has 5 rings (SSSR count). The molecular weight excluding hydrogens is 352 g/mol. The normalized spacial score (nSPS) is 12.6. The lowest BCUT2D eigenvalue weighted by atomic mass is 10.3. The number of carbonyl (C=O) groups is 1. The van der Waals surface area contributed by atoms with Crippen molar-refractivity contribution in [3.05, 3.63) is 92.7 Å². The minimum Gasteiger partial charge on any atom is -0.355 e. The number of fused-ring (bicyclic) bond motifs is 8. The van der Waals surface area contributed by atoms with Crippen molar-refractivity contribution >= 4 is 30.0 Å². The van der Waals surface area contributed by atoms with Crippen LogP contribution in [0.1, 0.15) is 22.8 Å². The predicted molar refractivity (Wildman–Crippen MR) is 108 cm³/mol. The number of nitrogens with two attached hydrogens (primary N) is 1. The number of nitrogens with one attached hydrogen (secondary N) is 5. The van der Waals surface area contributed by atoms with E-state index in [0.29, 0.717) is 5.70 Å². The zero-order valence-electron chi connectivity index (χ0n) is 14.8. The fourth-order valence-corrected chi connectivity index (χ4v) is 3.39. The number of urea groups is 1. The topological polar surface area (TPSA) is 118 Å². The molecule has 7 heteroatoms. The van der Waals surface area contributed by atoms with Crippen LogP contribution >= 0.6 is 0 Å². The van der Waals surface area contributed by atoms with Crippen molar-refractivity contribution in [2.45, 2.75) is 0 Å². The Labute approximate surface area is 159 Å². The molecule has 4 aromatic heterocycles. The number of amides is 2. The second-order valence-electron chi connectivity index (χ2n) is 6.69. The van der Waals surface area contributed by atoms with E-state index in [0.717, 1.165) is 44.2 Å². The van der Waals surface area contributed by atoms with Crippen LogP contribution in [0.4, 0.5) is 4.79 Å². The van der Waals surface area contributed by atoms with E-state index in [1.54, 1.807) is 0 Å². The summed E-state index contributed by atoms with van der Waals surface area (Å²) >= 11 is 0. The summed E-state index contributed by atoms with van der Waals surface area (Å²) < 4.78 is 0. The Kier molecular flexibility index (Phi) is 3.58. The van der Waals surface area contributed by atoms with E-state index in [1.807, 2.05) is 60.7 Å². The highest BCUT2D eigenvalue weighted by Crippen LogP contribution is 2.09. The summed E-state index contributed by atoms with van der Waals surface area (Å²) in [6.45, 7) is 0. The van der Waals surface area contributed by atoms with Gasteiger partial charge < -0.3 is 31.0 Å². The first kappa shape index (κ1) is 16.1. The summed E-state index contributed by atoms with van der Waals surface area (Å²) in [5, 5.41) is 6.35. The molecule has 138 valence electrons. The van der Waals surface area contributed by atoms with Crippen molar-refractivity contribution in [3.63, 3.8) is 0 Å². The van der Waals surface area contributed by atoms with Crippen molar-refractivity contribution in [1.29, 1.82) is 0 Å². The molecule has 0 atom stereocenters. The van der Waals surface area contributed by atoms with Crippen LogP contribution < -0.4 is 32.4 Å². The van der Waals surface area contributed by atoms with Crippen molar-refractivity contribution in [1.82, 2.24) is 25.3 Å². The lowest BCUT2D eigenvalue weighted by Gasteiger charge is -2.04. The number of hydrogen-bond acceptors (Lipinski definition) is 1. The minimum atomic E-state index is -0.622. The van der Waals surface area contributed by atoms with Gasteiger partial charge in [0.2, 0.25) is 0 Å². The van der Waals surface area contributed by atoms with Gasteiger partial charge in [-0.25, -0.2) is 4.79 Å². The highest BCUT2D eigenvalue weighted by molar-refractivity contribution is 5.83. The summed E-state index contributed by atoms with van der Waals surface area (Å²) in [4.78, 5) is 24.9. The van der Waals surface area contributed by atoms with Gasteiger partial charge in [-0.1, -0.05) is 0 Å². The van der Waals surface area contributed by atoms with Gasteiger partial charge in [0.15, 0.2) is 0 Å². The summed E-state index contributed by atoms with van der Waals surface area (Å²) in [5.74, 6) is 0. The molecule has 0 saturated carbocycles. The average Bonchev–Trinajstić information content (AvgIpc) is 3.43. The SMILES string of the molecule is NC(=O)NC1=c2ccc([nH]2)=Cc2ccc([nH]2)C=c2ccc([nH]2)=Cc2ccc1[nH]2. The molecular formula is C21H18N6O. The summed E-state index contributed by atoms with van der Waals surface area (Å²) in [6, 6.07) is 15.2. The number of aromatic amines is 4. The predicted octanol–water partition coefficient (Wildman–Crippen LogP) is -0.376. The van der Waals surface area contributed by atoms with Crippen molar-refractivity contribution in [3.8, 4) is 0 Å². The van der Waals surface area contributed by atoms with Crippen LogP contribution in [0, 0.1) is 0 Å². The molecule has 7 N–H and O–H groups in total. The second-order valence-corrected chi connectivity index (χ2v) is 6.69. The quantitative estimate of drug-likeness (QED) is 0.269. The van der Waals surface area contributed by atoms with Crippen LogP contribution in [0.25, 0.3) is 23.9 Å². The summed E-state index contributed by atoms with van der Waals surface area (Å²) in [6.07, 6.45) is 6.06. The van der Waals surface area contributed by atoms with Gasteiger partial charge in [0.05, 0.1) is 16.7 Å². The Morgan fingerprint density at radius 2 is 1.25 bits per heavy atom. The molecule has 7 nitrogen and oxygen atoms in total. The third-order valence-corrected chi connectivity index (χ3v) is 4.60. The van der Waals surface area contributed by atoms with Crippen molar-refractivity contribution in [2.75, 3.05) is 0 Å². The Hall–Kier alpha value is -4.13. The summed E-state index contributed by atoms with van der Waals surface area (Å²) in [7, 11) is 0. The smallest absolute Gasteiger partial charge is 0.316 e. The highest BCUT2D eigenvalue weighted by atomic mass is 16.2. The lowest BCUT2D eigenvalue weighted by Crippen LogP contribution is -2.33. The molecule has 5 heterocycles. The first-order chi connectivity index (χ1) is 13.6. The molecule has 0 aromatic carbocycles. The monoisotopic (exact) mass is 370 g/mol. The molecule has 0 radical (unpaired) electrons. The Bertz CT molecular complexity index is 1430. The third kappa shape index (κ3) is 3.05. The first-order valence-electron chi connectivity index (χ1n) is 8.87. The average molecular weight is 370 g/mol. The second kappa shape index (κ2) is 6.24. The van der Waals surface area contributed by atoms with Crippen LogP contribution in [0.5, 0.6) is 0 Å². The van der Waals surface area contributed by atoms with Crippen LogP contribution in [-0.4, -0.2) is 26.0 Å². The van der Waals surface area contributed by atoms with E-state index in [2.05, 4.69) is 31.3 Å². The van der Waals surface area contributed by atoms with Crippen molar-refractivity contribution < 1.29 is 4.79 Å². The molecule has 8 bridgehead atoms. The molecule has 0 unspecified atom stereocenters. The Balaban J connectivity index is 1.80. The molecule has 1 aliphatic heterocycles. The maximum Gasteiger partial charge on any atom is 0.316 e. The maximum absolute atomic E-state index is 11.6. The maximum atomic E-state index is 11.6. The van der Waals surface area contributed by atoms with E-state index in [-0.39, 0.29) is 0 Å². The van der Waals surface area contributed by atoms with Gasteiger partial charge in [0, 0.05) is 33.1 Å². The lowest BCUT2D eigenvalue weighted by molar-refractivity contribution is 0.252. The molecule has 0 spiro atoms. The highest BCUT2D eigenvalue weighted by Gasteiger charge is 2.09. The molecule has 4 aromatic rings. The molecule has 1 aliphatic rings. The third-order valence-electron chi connectivity index (χ3n) is 4.60. The van der Waals surface area contributed by atoms with Crippen LogP contribution in [0.2, 0.25) is 0 Å². The van der Waals surface area contributed by atoms with Crippen LogP contribution in [-0.2, 0) is 0 Å². The van der Waals surface area contributed by atoms with Gasteiger partial charge in [0.25, 0.3) is 0 Å². The first-order valence-corrected chi connectivity index (χ1v) is 8.87. The number of aromatic nitrogens is 4. The van der Waals surface area contributed by atoms with E-state index in [9.17, 15) is 4.79 Å². The molecule has 0 saturated heterocycles. The van der Waals surface area contributed by atoms with Gasteiger partial charge in [-0.3, -0.25) is 0 Å². The van der Waals surface area contributed by atoms with E-state index >= 15 is 0 Å². The van der Waals surface area contributed by atoms with Gasteiger partial charge in [-0.05, 0) is 66.8 Å². The zero-order chi connectivity index (χ0) is 19.1. The zero-order valence-corrected chi connectivity index (χ0v) is 14.8. The van der Waals surface area contributed by atoms with Crippen molar-refractivity contribution in [2.24, 2.45) is 5.73 Å². The molecule has 2 amide bonds. The van der Waals surface area contributed by atoms with E-state index in [4.69, 9.17) is 5.73 Å². The Morgan fingerprint density at radius 3 is 1.93 bits per heavy atom. The summed E-state index contributed by atoms with van der Waals surface area (Å²) in [5.41, 5.74) is 9.62. The van der Waals surface area contributed by atoms with E-state index < -0.39 is 6.03 Å². The molecule has 0 fully saturated rings. The number of hydrogen-bond donors (Lipinski definition) is 6. The van der Waals surface area contributed by atoms with Gasteiger partial charge >= 0.3 is 6.03 Å². The largest absolute Gasteiger partial charge is 0.355 e. The standard InChI is InChI=1S/C21H18N6O/c22-21(28)27-20-18-7-5-16(25-18)10-14-3-1-12(23-14)9-13-2-4-15(24-13)11-17-6-8-19(20)26-17/h1-11,23-26H,(H3,22,27,28). The number of primary amides is 1. The van der Waals surface area contributed by atoms with Gasteiger partial charge in [0.1, 0.15) is 0 Å². The Morgan fingerprint density at radius 1 is 0.679 bits per heavy atom.